The lowest BCUT2D eigenvalue weighted by Gasteiger charge is -2.22. The smallest absolute Gasteiger partial charge is 0.249 e. The van der Waals surface area contributed by atoms with Crippen LogP contribution in [-0.2, 0) is 9.59 Å². The minimum absolute atomic E-state index is 0.189. The van der Waals surface area contributed by atoms with Crippen LogP contribution in [0.4, 0.5) is 5.69 Å². The maximum absolute atomic E-state index is 11.5. The van der Waals surface area contributed by atoms with Gasteiger partial charge in [-0.05, 0) is 36.9 Å². The Hall–Kier alpha value is -1.49. The number of piperidine rings is 1. The lowest BCUT2D eigenvalue weighted by atomic mass is 10.1. The van der Waals surface area contributed by atoms with Gasteiger partial charge in [-0.2, -0.15) is 0 Å². The number of benzene rings is 1. The Bertz CT molecular complexity index is 431. The summed E-state index contributed by atoms with van der Waals surface area (Å²) in [4.78, 5) is 23.7. The van der Waals surface area contributed by atoms with Gasteiger partial charge in [0.05, 0.1) is 0 Å². The number of amides is 2. The second kappa shape index (κ2) is 5.23. The molecule has 0 spiro atoms. The van der Waals surface area contributed by atoms with Gasteiger partial charge in [0.2, 0.25) is 11.8 Å². The second-order valence-corrected chi connectivity index (χ2v) is 4.76. The lowest BCUT2D eigenvalue weighted by Crippen LogP contribution is -2.47. The molecule has 17 heavy (non-hydrogen) atoms. The van der Waals surface area contributed by atoms with Crippen LogP contribution in [0.15, 0.2) is 29.2 Å². The predicted octanol–water partition coefficient (Wildman–Crippen LogP) is 1.63. The van der Waals surface area contributed by atoms with Crippen molar-refractivity contribution in [3.05, 3.63) is 24.3 Å². The molecule has 1 saturated heterocycles. The van der Waals surface area contributed by atoms with E-state index in [-0.39, 0.29) is 17.9 Å². The van der Waals surface area contributed by atoms with E-state index in [0.29, 0.717) is 12.8 Å². The first kappa shape index (κ1) is 12.0. The van der Waals surface area contributed by atoms with Crippen LogP contribution in [0.25, 0.3) is 0 Å². The Kier molecular flexibility index (Phi) is 3.68. The molecule has 0 aromatic heterocycles. The van der Waals surface area contributed by atoms with Crippen molar-refractivity contribution < 1.29 is 9.59 Å². The molecule has 1 heterocycles. The van der Waals surface area contributed by atoms with Gasteiger partial charge in [0, 0.05) is 17.0 Å². The molecule has 1 aromatic rings. The van der Waals surface area contributed by atoms with Crippen LogP contribution in [0.2, 0.25) is 0 Å². The standard InChI is InChI=1S/C12H14N2O2S/c1-17-9-4-2-8(3-5-9)13-10-6-7-11(15)14-12(10)16/h2-5,10,13H,6-7H2,1H3,(H,14,15,16)/t10-/m0/s1. The number of hydrogen-bond donors (Lipinski definition) is 2. The van der Waals surface area contributed by atoms with E-state index < -0.39 is 0 Å². The minimum Gasteiger partial charge on any atom is -0.374 e. The average molecular weight is 250 g/mol. The molecule has 1 aromatic carbocycles. The molecule has 2 N–H and O–H groups in total. The SMILES string of the molecule is CSc1ccc(N[C@H]2CCC(=O)NC2=O)cc1. The predicted molar refractivity (Wildman–Crippen MR) is 68.0 cm³/mol. The number of rotatable bonds is 3. The summed E-state index contributed by atoms with van der Waals surface area (Å²) in [6.45, 7) is 0. The van der Waals surface area contributed by atoms with E-state index in [1.807, 2.05) is 30.5 Å². The van der Waals surface area contributed by atoms with E-state index in [4.69, 9.17) is 0 Å². The van der Waals surface area contributed by atoms with Gasteiger partial charge >= 0.3 is 0 Å². The molecule has 0 radical (unpaired) electrons. The quantitative estimate of drug-likeness (QED) is 0.632. The number of imide groups is 1. The molecule has 1 aliphatic heterocycles. The zero-order chi connectivity index (χ0) is 12.3. The van der Waals surface area contributed by atoms with Gasteiger partial charge < -0.3 is 5.32 Å². The summed E-state index contributed by atoms with van der Waals surface area (Å²) in [5.74, 6) is -0.430. The van der Waals surface area contributed by atoms with E-state index in [1.54, 1.807) is 11.8 Å². The Morgan fingerprint density at radius 1 is 1.29 bits per heavy atom. The zero-order valence-corrected chi connectivity index (χ0v) is 10.3. The van der Waals surface area contributed by atoms with Gasteiger partial charge in [-0.25, -0.2) is 0 Å². The number of carbonyl (C=O) groups is 2. The van der Waals surface area contributed by atoms with Crippen LogP contribution < -0.4 is 10.6 Å². The Balaban J connectivity index is 2.00. The zero-order valence-electron chi connectivity index (χ0n) is 9.53. The van der Waals surface area contributed by atoms with Crippen molar-refractivity contribution in [3.8, 4) is 0 Å². The Morgan fingerprint density at radius 2 is 2.00 bits per heavy atom. The molecule has 5 heteroatoms. The molecule has 0 aliphatic carbocycles. The van der Waals surface area contributed by atoms with E-state index in [1.165, 1.54) is 4.90 Å². The molecule has 2 rings (SSSR count). The van der Waals surface area contributed by atoms with Crippen molar-refractivity contribution in [1.82, 2.24) is 5.32 Å². The number of anilines is 1. The van der Waals surface area contributed by atoms with Gasteiger partial charge in [-0.3, -0.25) is 14.9 Å². The molecular weight excluding hydrogens is 236 g/mol. The van der Waals surface area contributed by atoms with Crippen molar-refractivity contribution in [2.75, 3.05) is 11.6 Å². The third kappa shape index (κ3) is 3.00. The van der Waals surface area contributed by atoms with Gasteiger partial charge in [0.15, 0.2) is 0 Å². The summed E-state index contributed by atoms with van der Waals surface area (Å²) in [5, 5.41) is 5.46. The maximum Gasteiger partial charge on any atom is 0.249 e. The summed E-state index contributed by atoms with van der Waals surface area (Å²) >= 11 is 1.67. The first-order valence-electron chi connectivity index (χ1n) is 5.43. The summed E-state index contributed by atoms with van der Waals surface area (Å²) in [7, 11) is 0. The van der Waals surface area contributed by atoms with Crippen molar-refractivity contribution >= 4 is 29.3 Å². The van der Waals surface area contributed by atoms with Gasteiger partial charge in [0.25, 0.3) is 0 Å². The van der Waals surface area contributed by atoms with E-state index in [0.717, 1.165) is 5.69 Å². The van der Waals surface area contributed by atoms with Gasteiger partial charge in [-0.15, -0.1) is 11.8 Å². The van der Waals surface area contributed by atoms with Crippen molar-refractivity contribution in [1.29, 1.82) is 0 Å². The molecule has 1 fully saturated rings. The summed E-state index contributed by atoms with van der Waals surface area (Å²) in [6.07, 6.45) is 2.96. The topological polar surface area (TPSA) is 58.2 Å². The van der Waals surface area contributed by atoms with Crippen LogP contribution >= 0.6 is 11.8 Å². The van der Waals surface area contributed by atoms with Crippen LogP contribution in [0.1, 0.15) is 12.8 Å². The lowest BCUT2D eigenvalue weighted by molar-refractivity contribution is -0.133. The molecule has 0 bridgehead atoms. The van der Waals surface area contributed by atoms with Crippen LogP contribution in [0.5, 0.6) is 0 Å². The molecule has 4 nitrogen and oxygen atoms in total. The minimum atomic E-state index is -0.312. The third-order valence-corrected chi connectivity index (χ3v) is 3.41. The maximum atomic E-state index is 11.5. The Morgan fingerprint density at radius 3 is 2.59 bits per heavy atom. The molecule has 90 valence electrons. The van der Waals surface area contributed by atoms with Crippen LogP contribution in [0.3, 0.4) is 0 Å². The normalized spacial score (nSPS) is 19.9. The largest absolute Gasteiger partial charge is 0.374 e. The third-order valence-electron chi connectivity index (χ3n) is 2.67. The molecule has 0 unspecified atom stereocenters. The molecule has 2 amide bonds. The summed E-state index contributed by atoms with van der Waals surface area (Å²) < 4.78 is 0. The number of carbonyl (C=O) groups excluding carboxylic acids is 2. The molecule has 1 atom stereocenters. The fourth-order valence-corrected chi connectivity index (χ4v) is 2.13. The fraction of sp³-hybridized carbons (Fsp3) is 0.333. The van der Waals surface area contributed by atoms with Gasteiger partial charge in [-0.1, -0.05) is 0 Å². The van der Waals surface area contributed by atoms with Crippen molar-refractivity contribution in [3.63, 3.8) is 0 Å². The monoisotopic (exact) mass is 250 g/mol. The second-order valence-electron chi connectivity index (χ2n) is 3.88. The highest BCUT2D eigenvalue weighted by Crippen LogP contribution is 2.19. The van der Waals surface area contributed by atoms with Crippen molar-refractivity contribution in [2.45, 2.75) is 23.8 Å². The summed E-state index contributed by atoms with van der Waals surface area (Å²) in [5.41, 5.74) is 0.900. The highest BCUT2D eigenvalue weighted by Gasteiger charge is 2.26. The average Bonchev–Trinajstić information content (AvgIpc) is 2.34. The first-order valence-corrected chi connectivity index (χ1v) is 6.66. The number of thioether (sulfide) groups is 1. The molecule has 1 aliphatic rings. The molecule has 0 saturated carbocycles. The number of hydrogen-bond acceptors (Lipinski definition) is 4. The number of nitrogens with one attached hydrogen (secondary N) is 2. The van der Waals surface area contributed by atoms with Crippen molar-refractivity contribution in [2.24, 2.45) is 0 Å². The summed E-state index contributed by atoms with van der Waals surface area (Å²) in [6, 6.07) is 7.57. The van der Waals surface area contributed by atoms with Crippen LogP contribution in [0, 0.1) is 0 Å². The first-order chi connectivity index (χ1) is 8.19. The highest BCUT2D eigenvalue weighted by atomic mass is 32.2. The van der Waals surface area contributed by atoms with Crippen LogP contribution in [-0.4, -0.2) is 24.1 Å². The van der Waals surface area contributed by atoms with Gasteiger partial charge in [0.1, 0.15) is 6.04 Å². The van der Waals surface area contributed by atoms with E-state index in [2.05, 4.69) is 10.6 Å². The van der Waals surface area contributed by atoms with E-state index >= 15 is 0 Å². The Labute approximate surface area is 104 Å². The molecular formula is C12H14N2O2S. The van der Waals surface area contributed by atoms with E-state index in [9.17, 15) is 9.59 Å². The fourth-order valence-electron chi connectivity index (χ4n) is 1.72. The highest BCUT2D eigenvalue weighted by molar-refractivity contribution is 7.98.